The Morgan fingerprint density at radius 2 is 2.36 bits per heavy atom. The minimum atomic E-state index is -2.77. The van der Waals surface area contributed by atoms with Crippen molar-refractivity contribution in [3.63, 3.8) is 0 Å². The van der Waals surface area contributed by atoms with Crippen molar-refractivity contribution in [3.8, 4) is 0 Å². The third-order valence-electron chi connectivity index (χ3n) is 1.73. The summed E-state index contributed by atoms with van der Waals surface area (Å²) in [4.78, 5) is 3.83. The van der Waals surface area contributed by atoms with Crippen molar-refractivity contribution in [1.29, 1.82) is 0 Å². The minimum Gasteiger partial charge on any atom is -0.389 e. The normalized spacial score (nSPS) is 24.1. The monoisotopic (exact) mass is 209 g/mol. The maximum atomic E-state index is 11.9. The van der Waals surface area contributed by atoms with Gasteiger partial charge in [-0.1, -0.05) is 0 Å². The van der Waals surface area contributed by atoms with Gasteiger partial charge in [-0.3, -0.25) is 4.99 Å². The lowest BCUT2D eigenvalue weighted by Crippen LogP contribution is -2.48. The van der Waals surface area contributed by atoms with Crippen molar-refractivity contribution in [2.45, 2.75) is 18.6 Å². The van der Waals surface area contributed by atoms with Crippen LogP contribution in [0.15, 0.2) is 4.99 Å². The van der Waals surface area contributed by atoms with E-state index in [2.05, 4.69) is 15.6 Å². The summed E-state index contributed by atoms with van der Waals surface area (Å²) in [5, 5.41) is 23.0. The van der Waals surface area contributed by atoms with Gasteiger partial charge in [0.05, 0.1) is 12.6 Å². The first-order valence-electron chi connectivity index (χ1n) is 4.26. The number of guanidine groups is 1. The Kier molecular flexibility index (Phi) is 4.02. The summed E-state index contributed by atoms with van der Waals surface area (Å²) >= 11 is 0. The van der Waals surface area contributed by atoms with Gasteiger partial charge in [0, 0.05) is 13.1 Å². The van der Waals surface area contributed by atoms with Crippen molar-refractivity contribution in [2.75, 3.05) is 19.6 Å². The molecule has 0 amide bonds. The zero-order valence-electron chi connectivity index (χ0n) is 7.45. The Hall–Kier alpha value is -0.950. The standard InChI is InChI=1S/C7H13F2N3O2/c8-6(9)5(14)3-12-7-10-1-4(13)2-11-7/h4-6,13-14H,1-3H2,(H2,10,11,12). The van der Waals surface area contributed by atoms with E-state index in [9.17, 15) is 8.78 Å². The first kappa shape index (κ1) is 11.1. The second-order valence-corrected chi connectivity index (χ2v) is 3.01. The molecular weight excluding hydrogens is 196 g/mol. The molecule has 0 spiro atoms. The number of hydrogen-bond acceptors (Lipinski definition) is 5. The predicted octanol–water partition coefficient (Wildman–Crippen LogP) is -1.48. The highest BCUT2D eigenvalue weighted by molar-refractivity contribution is 5.80. The lowest BCUT2D eigenvalue weighted by Gasteiger charge is -2.20. The van der Waals surface area contributed by atoms with Crippen molar-refractivity contribution in [3.05, 3.63) is 0 Å². The highest BCUT2D eigenvalue weighted by Crippen LogP contribution is 1.98. The average molecular weight is 209 g/mol. The lowest BCUT2D eigenvalue weighted by atomic mass is 10.3. The molecule has 1 aliphatic heterocycles. The van der Waals surface area contributed by atoms with Gasteiger partial charge in [0.25, 0.3) is 6.43 Å². The third kappa shape index (κ3) is 3.43. The Bertz CT molecular complexity index is 213. The second kappa shape index (κ2) is 5.06. The van der Waals surface area contributed by atoms with E-state index in [1.807, 2.05) is 0 Å². The van der Waals surface area contributed by atoms with E-state index in [0.717, 1.165) is 0 Å². The van der Waals surface area contributed by atoms with Crippen LogP contribution in [0.3, 0.4) is 0 Å². The van der Waals surface area contributed by atoms with Crippen molar-refractivity contribution in [2.24, 2.45) is 4.99 Å². The van der Waals surface area contributed by atoms with Crippen LogP contribution < -0.4 is 10.6 Å². The number of halogens is 2. The second-order valence-electron chi connectivity index (χ2n) is 3.01. The number of hydrogen-bond donors (Lipinski definition) is 4. The number of rotatable bonds is 3. The number of alkyl halides is 2. The Morgan fingerprint density at radius 3 is 2.86 bits per heavy atom. The van der Waals surface area contributed by atoms with E-state index in [0.29, 0.717) is 12.5 Å². The smallest absolute Gasteiger partial charge is 0.265 e. The number of nitrogens with one attached hydrogen (secondary N) is 2. The molecule has 7 heteroatoms. The Labute approximate surface area is 79.8 Å². The molecule has 14 heavy (non-hydrogen) atoms. The number of β-amino-alcohol motifs (C(OH)–C–C–N with tert-alkyl or cyclic N) is 1. The SMILES string of the molecule is OC1CN=C(NCC(O)C(F)F)NC1. The molecule has 1 heterocycles. The number of aliphatic hydroxyl groups excluding tert-OH is 2. The van der Waals surface area contributed by atoms with Gasteiger partial charge in [0.2, 0.25) is 0 Å². The number of nitrogens with zero attached hydrogens (tertiary/aromatic N) is 1. The minimum absolute atomic E-state index is 0.236. The first-order valence-corrected chi connectivity index (χ1v) is 4.26. The predicted molar refractivity (Wildman–Crippen MR) is 46.3 cm³/mol. The molecule has 0 saturated carbocycles. The van der Waals surface area contributed by atoms with Crippen LogP contribution >= 0.6 is 0 Å². The maximum absolute atomic E-state index is 11.9. The van der Waals surface area contributed by atoms with Crippen LogP contribution in [-0.2, 0) is 0 Å². The number of aliphatic hydroxyl groups is 2. The number of aliphatic imine (C=N–C) groups is 1. The van der Waals surface area contributed by atoms with Crippen LogP contribution in [-0.4, -0.2) is 54.4 Å². The Morgan fingerprint density at radius 1 is 1.64 bits per heavy atom. The van der Waals surface area contributed by atoms with E-state index in [1.54, 1.807) is 0 Å². The summed E-state index contributed by atoms with van der Waals surface area (Å²) in [6.45, 7) is 0.302. The molecule has 0 aliphatic carbocycles. The van der Waals surface area contributed by atoms with Gasteiger partial charge in [0.1, 0.15) is 6.10 Å². The molecular formula is C7H13F2N3O2. The van der Waals surface area contributed by atoms with E-state index in [-0.39, 0.29) is 13.1 Å². The molecule has 5 nitrogen and oxygen atoms in total. The molecule has 0 aromatic rings. The van der Waals surface area contributed by atoms with Gasteiger partial charge >= 0.3 is 0 Å². The first-order chi connectivity index (χ1) is 6.59. The zero-order chi connectivity index (χ0) is 10.6. The maximum Gasteiger partial charge on any atom is 0.265 e. The van der Waals surface area contributed by atoms with Crippen LogP contribution in [0.25, 0.3) is 0 Å². The molecule has 0 radical (unpaired) electrons. The summed E-state index contributed by atoms with van der Waals surface area (Å²) in [5.74, 6) is 0.329. The zero-order valence-corrected chi connectivity index (χ0v) is 7.45. The molecule has 82 valence electrons. The van der Waals surface area contributed by atoms with E-state index >= 15 is 0 Å². The fourth-order valence-electron chi connectivity index (χ4n) is 0.940. The molecule has 2 unspecified atom stereocenters. The topological polar surface area (TPSA) is 76.9 Å². The summed E-state index contributed by atoms with van der Waals surface area (Å²) < 4.78 is 23.7. The molecule has 1 rings (SSSR count). The van der Waals surface area contributed by atoms with Gasteiger partial charge in [-0.25, -0.2) is 8.78 Å². The fraction of sp³-hybridized carbons (Fsp3) is 0.857. The lowest BCUT2D eigenvalue weighted by molar-refractivity contribution is -0.00108. The van der Waals surface area contributed by atoms with E-state index in [1.165, 1.54) is 0 Å². The summed E-state index contributed by atoms with van der Waals surface area (Å²) in [5.41, 5.74) is 0. The molecule has 0 bridgehead atoms. The van der Waals surface area contributed by atoms with E-state index < -0.39 is 18.6 Å². The highest BCUT2D eigenvalue weighted by atomic mass is 19.3. The fourth-order valence-corrected chi connectivity index (χ4v) is 0.940. The van der Waals surface area contributed by atoms with Crippen LogP contribution in [0.1, 0.15) is 0 Å². The molecule has 0 fully saturated rings. The van der Waals surface area contributed by atoms with Gasteiger partial charge in [-0.15, -0.1) is 0 Å². The van der Waals surface area contributed by atoms with Gasteiger partial charge in [0.15, 0.2) is 5.96 Å². The highest BCUT2D eigenvalue weighted by Gasteiger charge is 2.18. The van der Waals surface area contributed by atoms with E-state index in [4.69, 9.17) is 10.2 Å². The van der Waals surface area contributed by atoms with Crippen molar-refractivity contribution >= 4 is 5.96 Å². The summed E-state index contributed by atoms with van der Waals surface area (Å²) in [6, 6.07) is 0. The largest absolute Gasteiger partial charge is 0.389 e. The quantitative estimate of drug-likeness (QED) is 0.457. The van der Waals surface area contributed by atoms with Crippen molar-refractivity contribution < 1.29 is 19.0 Å². The van der Waals surface area contributed by atoms with Crippen LogP contribution in [0.2, 0.25) is 0 Å². The molecule has 2 atom stereocenters. The van der Waals surface area contributed by atoms with Gasteiger partial charge < -0.3 is 20.8 Å². The van der Waals surface area contributed by atoms with Crippen LogP contribution in [0, 0.1) is 0 Å². The molecule has 1 aliphatic rings. The average Bonchev–Trinajstić information content (AvgIpc) is 2.16. The molecule has 4 N–H and O–H groups in total. The van der Waals surface area contributed by atoms with Crippen molar-refractivity contribution in [1.82, 2.24) is 10.6 Å². The molecule has 0 aromatic carbocycles. The van der Waals surface area contributed by atoms with Crippen LogP contribution in [0.5, 0.6) is 0 Å². The van der Waals surface area contributed by atoms with Gasteiger partial charge in [-0.2, -0.15) is 0 Å². The summed E-state index contributed by atoms with van der Waals surface area (Å²) in [7, 11) is 0. The molecule has 0 saturated heterocycles. The molecule has 0 aromatic heterocycles. The van der Waals surface area contributed by atoms with Crippen LogP contribution in [0.4, 0.5) is 8.78 Å². The summed E-state index contributed by atoms with van der Waals surface area (Å²) in [6.07, 6.45) is -5.01. The third-order valence-corrected chi connectivity index (χ3v) is 1.73. The Balaban J connectivity index is 2.25. The van der Waals surface area contributed by atoms with Gasteiger partial charge in [-0.05, 0) is 0 Å².